The number of ether oxygens (including phenoxy) is 1. The third kappa shape index (κ3) is 3.18. The van der Waals surface area contributed by atoms with Crippen molar-refractivity contribution in [1.29, 1.82) is 0 Å². The van der Waals surface area contributed by atoms with Crippen molar-refractivity contribution < 1.29 is 13.9 Å². The fraction of sp³-hybridized carbons (Fsp3) is 0.118. The van der Waals surface area contributed by atoms with E-state index in [0.717, 1.165) is 16.5 Å². The molecule has 130 valence electrons. The summed E-state index contributed by atoms with van der Waals surface area (Å²) in [4.78, 5) is 24.9. The minimum atomic E-state index is -0.223. The zero-order valence-electron chi connectivity index (χ0n) is 13.6. The van der Waals surface area contributed by atoms with Gasteiger partial charge in [-0.25, -0.2) is 9.97 Å². The number of nitrogens with zero attached hydrogens (tertiary/aromatic N) is 3. The number of hydrogen-bond acceptors (Lipinski definition) is 8. The number of thioether (sulfide) groups is 1. The molecule has 9 heteroatoms. The fourth-order valence-electron chi connectivity index (χ4n) is 2.47. The maximum absolute atomic E-state index is 11.8. The Kier molecular flexibility index (Phi) is 4.39. The summed E-state index contributed by atoms with van der Waals surface area (Å²) in [5, 5.41) is 3.39. The van der Waals surface area contributed by atoms with Gasteiger partial charge in [0.05, 0.1) is 11.5 Å². The van der Waals surface area contributed by atoms with Gasteiger partial charge in [0, 0.05) is 47.4 Å². The topological polar surface area (TPSA) is 90.1 Å². The largest absolute Gasteiger partial charge is 0.464 e. The van der Waals surface area contributed by atoms with E-state index in [4.69, 9.17) is 21.4 Å². The van der Waals surface area contributed by atoms with Gasteiger partial charge in [-0.2, -0.15) is 0 Å². The summed E-state index contributed by atoms with van der Waals surface area (Å²) in [5.74, 6) is 0.321. The summed E-state index contributed by atoms with van der Waals surface area (Å²) in [5.41, 5.74) is 2.16. The summed E-state index contributed by atoms with van der Waals surface area (Å²) in [6.07, 6.45) is 8.37. The Hall–Kier alpha value is -2.78. The molecule has 1 saturated heterocycles. The zero-order valence-corrected chi connectivity index (χ0v) is 15.2. The molecular formula is C17H12N4O3S2. The number of carbonyl (C=O) groups is 1. The molecule has 1 N–H and O–H groups in total. The van der Waals surface area contributed by atoms with Crippen LogP contribution in [0, 0.1) is 0 Å². The van der Waals surface area contributed by atoms with Crippen LogP contribution >= 0.6 is 24.0 Å². The first-order chi connectivity index (χ1) is 12.6. The van der Waals surface area contributed by atoms with Gasteiger partial charge in [-0.15, -0.1) is 0 Å². The van der Waals surface area contributed by atoms with E-state index in [1.165, 1.54) is 11.8 Å². The van der Waals surface area contributed by atoms with Crippen LogP contribution in [0.3, 0.4) is 0 Å². The van der Waals surface area contributed by atoms with E-state index in [1.54, 1.807) is 30.9 Å². The van der Waals surface area contributed by atoms with Crippen molar-refractivity contribution in [3.63, 3.8) is 0 Å². The third-order valence-corrected chi connectivity index (χ3v) is 4.73. The third-order valence-electron chi connectivity index (χ3n) is 3.57. The molecule has 7 nitrogen and oxygen atoms in total. The van der Waals surface area contributed by atoms with Gasteiger partial charge >= 0.3 is 6.01 Å². The zero-order chi connectivity index (χ0) is 18.1. The lowest BCUT2D eigenvalue weighted by atomic mass is 10.1. The highest BCUT2D eigenvalue weighted by atomic mass is 32.2. The van der Waals surface area contributed by atoms with Crippen LogP contribution in [0.15, 0.2) is 40.2 Å². The first kappa shape index (κ1) is 16.7. The van der Waals surface area contributed by atoms with E-state index < -0.39 is 0 Å². The molecule has 3 aromatic rings. The lowest BCUT2D eigenvalue weighted by Crippen LogP contribution is -2.17. The molecule has 3 aromatic heterocycles. The van der Waals surface area contributed by atoms with Gasteiger partial charge in [0.15, 0.2) is 0 Å². The van der Waals surface area contributed by atoms with Crippen molar-refractivity contribution in [2.24, 2.45) is 0 Å². The number of furan rings is 1. The van der Waals surface area contributed by atoms with Crippen molar-refractivity contribution in [3.05, 3.63) is 41.5 Å². The summed E-state index contributed by atoms with van der Waals surface area (Å²) in [6.45, 7) is 2.37. The van der Waals surface area contributed by atoms with Gasteiger partial charge in [0.2, 0.25) is 0 Å². The molecule has 0 aliphatic carbocycles. The summed E-state index contributed by atoms with van der Waals surface area (Å²) < 4.78 is 11.6. The second kappa shape index (κ2) is 6.85. The number of nitrogens with one attached hydrogen (secondary N) is 1. The number of thiocarbonyl (C=S) groups is 1. The number of amides is 1. The summed E-state index contributed by atoms with van der Waals surface area (Å²) in [7, 11) is 0. The monoisotopic (exact) mass is 384 g/mol. The standard InChI is InChI=1S/C17H12N4O3S2/c1-2-23-16-19-6-10(7-20-16)12-8-18-5-9-3-11(24-14(9)12)4-13-15(22)21-17(25)26-13/h3-8H,2H2,1H3,(H,21,22,25)/b13-4+. The van der Waals surface area contributed by atoms with E-state index in [2.05, 4.69) is 20.3 Å². The Balaban J connectivity index is 1.73. The second-order valence-corrected chi connectivity index (χ2v) is 7.01. The molecule has 0 bridgehead atoms. The predicted octanol–water partition coefficient (Wildman–Crippen LogP) is 3.17. The van der Waals surface area contributed by atoms with E-state index in [9.17, 15) is 4.79 Å². The van der Waals surface area contributed by atoms with Crippen LogP contribution in [0.25, 0.3) is 28.2 Å². The molecule has 1 fully saturated rings. The van der Waals surface area contributed by atoms with Gasteiger partial charge in [0.1, 0.15) is 15.7 Å². The van der Waals surface area contributed by atoms with Gasteiger partial charge in [-0.05, 0) is 13.0 Å². The molecule has 1 aliphatic heterocycles. The number of rotatable bonds is 4. The van der Waals surface area contributed by atoms with E-state index >= 15 is 0 Å². The Morgan fingerprint density at radius 2 is 2.12 bits per heavy atom. The first-order valence-corrected chi connectivity index (χ1v) is 8.94. The van der Waals surface area contributed by atoms with Crippen molar-refractivity contribution in [2.75, 3.05) is 6.61 Å². The average molecular weight is 384 g/mol. The Labute approximate surface area is 157 Å². The highest BCUT2D eigenvalue weighted by Gasteiger charge is 2.23. The molecule has 0 radical (unpaired) electrons. The van der Waals surface area contributed by atoms with E-state index in [-0.39, 0.29) is 5.91 Å². The summed E-state index contributed by atoms with van der Waals surface area (Å²) in [6, 6.07) is 2.14. The lowest BCUT2D eigenvalue weighted by molar-refractivity contribution is -0.115. The molecule has 4 rings (SSSR count). The SMILES string of the molecule is CCOc1ncc(-c2cncc3cc(/C=C4/SC(=S)NC4=O)oc23)cn1. The van der Waals surface area contributed by atoms with Crippen molar-refractivity contribution in [2.45, 2.75) is 6.92 Å². The molecule has 0 saturated carbocycles. The van der Waals surface area contributed by atoms with Crippen molar-refractivity contribution >= 4 is 51.3 Å². The molecule has 0 spiro atoms. The summed E-state index contributed by atoms with van der Waals surface area (Å²) >= 11 is 6.20. The van der Waals surface area contributed by atoms with Crippen LogP contribution in [0.2, 0.25) is 0 Å². The number of fused-ring (bicyclic) bond motifs is 1. The molecule has 0 atom stereocenters. The number of pyridine rings is 1. The van der Waals surface area contributed by atoms with Gasteiger partial charge in [-0.1, -0.05) is 24.0 Å². The fourth-order valence-corrected chi connectivity index (χ4v) is 3.49. The first-order valence-electron chi connectivity index (χ1n) is 7.71. The van der Waals surface area contributed by atoms with Crippen LogP contribution in [0.4, 0.5) is 0 Å². The van der Waals surface area contributed by atoms with Crippen LogP contribution in [0.5, 0.6) is 6.01 Å². The van der Waals surface area contributed by atoms with Crippen LogP contribution in [0.1, 0.15) is 12.7 Å². The highest BCUT2D eigenvalue weighted by Crippen LogP contribution is 2.32. The molecule has 0 unspecified atom stereocenters. The molecule has 1 aliphatic rings. The number of aromatic nitrogens is 3. The van der Waals surface area contributed by atoms with Gasteiger partial charge in [-0.3, -0.25) is 9.78 Å². The van der Waals surface area contributed by atoms with Crippen LogP contribution < -0.4 is 10.1 Å². The van der Waals surface area contributed by atoms with Gasteiger partial charge < -0.3 is 14.5 Å². The van der Waals surface area contributed by atoms with Crippen LogP contribution in [-0.2, 0) is 4.79 Å². The number of carbonyl (C=O) groups excluding carboxylic acids is 1. The molecular weight excluding hydrogens is 372 g/mol. The average Bonchev–Trinajstić information content (AvgIpc) is 3.18. The molecule has 1 amide bonds. The highest BCUT2D eigenvalue weighted by molar-refractivity contribution is 8.26. The van der Waals surface area contributed by atoms with Crippen molar-refractivity contribution in [3.8, 4) is 17.1 Å². The smallest absolute Gasteiger partial charge is 0.316 e. The normalized spacial score (nSPS) is 15.7. The minimum Gasteiger partial charge on any atom is -0.464 e. The van der Waals surface area contributed by atoms with Crippen molar-refractivity contribution in [1.82, 2.24) is 20.3 Å². The molecule has 0 aromatic carbocycles. The maximum atomic E-state index is 11.8. The van der Waals surface area contributed by atoms with E-state index in [0.29, 0.717) is 33.2 Å². The van der Waals surface area contributed by atoms with E-state index in [1.807, 2.05) is 13.0 Å². The predicted molar refractivity (Wildman–Crippen MR) is 103 cm³/mol. The quantitative estimate of drug-likeness (QED) is 0.542. The number of hydrogen-bond donors (Lipinski definition) is 1. The molecule has 26 heavy (non-hydrogen) atoms. The van der Waals surface area contributed by atoms with Crippen LogP contribution in [-0.4, -0.2) is 31.8 Å². The Bertz CT molecular complexity index is 1040. The van der Waals surface area contributed by atoms with Gasteiger partial charge in [0.25, 0.3) is 5.91 Å². The second-order valence-electron chi connectivity index (χ2n) is 5.29. The Morgan fingerprint density at radius 3 is 2.81 bits per heavy atom. The Morgan fingerprint density at radius 1 is 1.31 bits per heavy atom. The molecule has 4 heterocycles. The maximum Gasteiger partial charge on any atom is 0.316 e. The minimum absolute atomic E-state index is 0.223. The lowest BCUT2D eigenvalue weighted by Gasteiger charge is -2.03.